The Hall–Kier alpha value is -2.15. The molecule has 0 saturated carbocycles. The molecule has 0 aromatic heterocycles. The normalized spacial score (nSPS) is 18.3. The second kappa shape index (κ2) is 7.03. The number of carboxylic acid groups (broad SMARTS) is 1. The fraction of sp³-hybridized carbons (Fsp3) is 0.429. The average molecular weight is 297 g/mol. The Balaban J connectivity index is 1.83. The Bertz CT molecular complexity index is 505. The van der Waals surface area contributed by atoms with E-state index >= 15 is 0 Å². The molecule has 0 bridgehead atoms. The number of morpholine rings is 1. The Labute approximate surface area is 121 Å². The lowest BCUT2D eigenvalue weighted by Gasteiger charge is -2.32. The van der Waals surface area contributed by atoms with E-state index in [-0.39, 0.29) is 37.9 Å². The van der Waals surface area contributed by atoms with Gasteiger partial charge in [0.15, 0.2) is 6.04 Å². The van der Waals surface area contributed by atoms with Crippen LogP contribution in [-0.2, 0) is 14.3 Å². The molecule has 6 nitrogen and oxygen atoms in total. The molecule has 21 heavy (non-hydrogen) atoms. The second-order valence-electron chi connectivity index (χ2n) is 4.57. The average Bonchev–Trinajstić information content (AvgIpc) is 2.49. The summed E-state index contributed by atoms with van der Waals surface area (Å²) in [4.78, 5) is 24.4. The molecule has 0 spiro atoms. The van der Waals surface area contributed by atoms with E-state index in [9.17, 15) is 14.0 Å². The summed E-state index contributed by atoms with van der Waals surface area (Å²) in [5.41, 5.74) is 0. The van der Waals surface area contributed by atoms with Gasteiger partial charge in [0.1, 0.15) is 11.6 Å². The lowest BCUT2D eigenvalue weighted by Crippen LogP contribution is -2.52. The van der Waals surface area contributed by atoms with E-state index in [0.717, 1.165) is 0 Å². The third kappa shape index (κ3) is 4.16. The van der Waals surface area contributed by atoms with Crippen LogP contribution in [0.15, 0.2) is 24.3 Å². The molecular weight excluding hydrogens is 281 g/mol. The maximum absolute atomic E-state index is 12.7. The number of hydrogen-bond donors (Lipinski definition) is 1. The highest BCUT2D eigenvalue weighted by molar-refractivity contribution is 5.84. The smallest absolute Gasteiger partial charge is 0.328 e. The highest BCUT2D eigenvalue weighted by Crippen LogP contribution is 2.13. The first kappa shape index (κ1) is 15.2. The first-order valence-corrected chi connectivity index (χ1v) is 6.56. The van der Waals surface area contributed by atoms with Crippen molar-refractivity contribution in [2.24, 2.45) is 0 Å². The van der Waals surface area contributed by atoms with Crippen LogP contribution >= 0.6 is 0 Å². The predicted octanol–water partition coefficient (Wildman–Crippen LogP) is 0.907. The van der Waals surface area contributed by atoms with E-state index in [0.29, 0.717) is 12.4 Å². The first-order valence-electron chi connectivity index (χ1n) is 6.56. The number of amides is 1. The molecule has 1 amide bonds. The molecule has 1 aromatic carbocycles. The van der Waals surface area contributed by atoms with Crippen molar-refractivity contribution in [2.75, 3.05) is 26.4 Å². The van der Waals surface area contributed by atoms with Gasteiger partial charge >= 0.3 is 5.97 Å². The molecule has 2 rings (SSSR count). The number of benzene rings is 1. The molecule has 1 aromatic rings. The predicted molar refractivity (Wildman–Crippen MR) is 70.5 cm³/mol. The van der Waals surface area contributed by atoms with Crippen molar-refractivity contribution in [3.05, 3.63) is 30.1 Å². The Morgan fingerprint density at radius 2 is 2.10 bits per heavy atom. The van der Waals surface area contributed by atoms with E-state index < -0.39 is 12.0 Å². The van der Waals surface area contributed by atoms with Crippen LogP contribution in [0, 0.1) is 5.82 Å². The molecule has 1 aliphatic heterocycles. The molecular formula is C14H16FNO5. The number of carbonyl (C=O) groups excluding carboxylic acids is 1. The minimum Gasteiger partial charge on any atom is -0.493 e. The topological polar surface area (TPSA) is 76.1 Å². The summed E-state index contributed by atoms with van der Waals surface area (Å²) in [6.45, 7) is 0.689. The number of ether oxygens (including phenoxy) is 2. The summed E-state index contributed by atoms with van der Waals surface area (Å²) in [6.07, 6.45) is 0.0567. The maximum Gasteiger partial charge on any atom is 0.328 e. The van der Waals surface area contributed by atoms with E-state index in [1.165, 1.54) is 29.2 Å². The quantitative estimate of drug-likeness (QED) is 0.874. The van der Waals surface area contributed by atoms with Crippen molar-refractivity contribution >= 4 is 11.9 Å². The summed E-state index contributed by atoms with van der Waals surface area (Å²) >= 11 is 0. The van der Waals surface area contributed by atoms with Gasteiger partial charge < -0.3 is 19.5 Å². The van der Waals surface area contributed by atoms with Crippen molar-refractivity contribution in [1.29, 1.82) is 0 Å². The molecule has 114 valence electrons. The highest BCUT2D eigenvalue weighted by atomic mass is 19.1. The lowest BCUT2D eigenvalue weighted by molar-refractivity contribution is -0.158. The van der Waals surface area contributed by atoms with Gasteiger partial charge in [0.05, 0.1) is 26.2 Å². The van der Waals surface area contributed by atoms with Gasteiger partial charge in [-0.05, 0) is 24.3 Å². The summed E-state index contributed by atoms with van der Waals surface area (Å²) in [5.74, 6) is -1.28. The monoisotopic (exact) mass is 297 g/mol. The van der Waals surface area contributed by atoms with E-state index in [1.807, 2.05) is 0 Å². The van der Waals surface area contributed by atoms with Crippen molar-refractivity contribution in [3.8, 4) is 5.75 Å². The van der Waals surface area contributed by atoms with Gasteiger partial charge in [-0.1, -0.05) is 0 Å². The zero-order valence-electron chi connectivity index (χ0n) is 11.3. The first-order chi connectivity index (χ1) is 10.1. The van der Waals surface area contributed by atoms with Crippen molar-refractivity contribution < 1.29 is 28.6 Å². The summed E-state index contributed by atoms with van der Waals surface area (Å²) < 4.78 is 23.1. The number of hydrogen-bond acceptors (Lipinski definition) is 4. The zero-order chi connectivity index (χ0) is 15.2. The number of carboxylic acids is 1. The minimum atomic E-state index is -1.08. The number of halogens is 1. The molecule has 0 aliphatic carbocycles. The number of carbonyl (C=O) groups is 2. The van der Waals surface area contributed by atoms with Gasteiger partial charge in [0.2, 0.25) is 5.91 Å². The fourth-order valence-electron chi connectivity index (χ4n) is 2.04. The van der Waals surface area contributed by atoms with Gasteiger partial charge in [0.25, 0.3) is 0 Å². The third-order valence-electron chi connectivity index (χ3n) is 3.13. The Kier molecular flexibility index (Phi) is 5.10. The van der Waals surface area contributed by atoms with Gasteiger partial charge in [-0.3, -0.25) is 4.79 Å². The second-order valence-corrected chi connectivity index (χ2v) is 4.57. The van der Waals surface area contributed by atoms with Crippen molar-refractivity contribution in [1.82, 2.24) is 4.90 Å². The summed E-state index contributed by atoms with van der Waals surface area (Å²) in [7, 11) is 0. The molecule has 1 heterocycles. The number of nitrogens with zero attached hydrogens (tertiary/aromatic N) is 1. The molecule has 0 radical (unpaired) electrons. The Morgan fingerprint density at radius 1 is 1.38 bits per heavy atom. The zero-order valence-corrected chi connectivity index (χ0v) is 11.3. The minimum absolute atomic E-state index is 0.000107. The van der Waals surface area contributed by atoms with Crippen LogP contribution in [0.1, 0.15) is 6.42 Å². The van der Waals surface area contributed by atoms with E-state index in [4.69, 9.17) is 14.6 Å². The summed E-state index contributed by atoms with van der Waals surface area (Å²) in [6, 6.07) is 4.51. The van der Waals surface area contributed by atoms with Crippen LogP contribution in [0.25, 0.3) is 0 Å². The molecule has 1 aliphatic rings. The number of rotatable bonds is 5. The fourth-order valence-corrected chi connectivity index (χ4v) is 2.04. The Morgan fingerprint density at radius 3 is 2.76 bits per heavy atom. The van der Waals surface area contributed by atoms with Crippen LogP contribution < -0.4 is 4.74 Å². The number of aliphatic carboxylic acids is 1. The molecule has 1 atom stereocenters. The lowest BCUT2D eigenvalue weighted by atomic mass is 10.2. The van der Waals surface area contributed by atoms with Crippen LogP contribution in [0.2, 0.25) is 0 Å². The highest BCUT2D eigenvalue weighted by Gasteiger charge is 2.32. The molecule has 1 fully saturated rings. The third-order valence-corrected chi connectivity index (χ3v) is 3.13. The van der Waals surface area contributed by atoms with E-state index in [1.54, 1.807) is 0 Å². The molecule has 0 unspecified atom stereocenters. The maximum atomic E-state index is 12.7. The molecule has 1 saturated heterocycles. The van der Waals surface area contributed by atoms with Gasteiger partial charge in [0, 0.05) is 6.54 Å². The van der Waals surface area contributed by atoms with Crippen LogP contribution in [0.4, 0.5) is 4.39 Å². The SMILES string of the molecule is O=C(O)[C@H]1COCCN1C(=O)CCOc1ccc(F)cc1. The largest absolute Gasteiger partial charge is 0.493 e. The van der Waals surface area contributed by atoms with Crippen LogP contribution in [0.5, 0.6) is 5.75 Å². The van der Waals surface area contributed by atoms with Crippen LogP contribution in [-0.4, -0.2) is 54.3 Å². The van der Waals surface area contributed by atoms with Gasteiger partial charge in [-0.25, -0.2) is 9.18 Å². The molecule has 1 N–H and O–H groups in total. The van der Waals surface area contributed by atoms with Crippen LogP contribution in [0.3, 0.4) is 0 Å². The van der Waals surface area contributed by atoms with Crippen molar-refractivity contribution in [3.63, 3.8) is 0 Å². The van der Waals surface area contributed by atoms with Crippen molar-refractivity contribution in [2.45, 2.75) is 12.5 Å². The summed E-state index contributed by atoms with van der Waals surface area (Å²) in [5, 5.41) is 9.05. The molecule has 7 heteroatoms. The van der Waals surface area contributed by atoms with Gasteiger partial charge in [-0.15, -0.1) is 0 Å². The standard InChI is InChI=1S/C14H16FNO5/c15-10-1-3-11(4-2-10)21-7-5-13(17)16-6-8-20-9-12(16)14(18)19/h1-4,12H,5-9H2,(H,18,19)/t12-/m1/s1. The van der Waals surface area contributed by atoms with Gasteiger partial charge in [-0.2, -0.15) is 0 Å². The van der Waals surface area contributed by atoms with E-state index in [2.05, 4.69) is 0 Å².